The molecule has 5 nitrogen and oxygen atoms in total. The molecule has 0 N–H and O–H groups in total. The van der Waals surface area contributed by atoms with Gasteiger partial charge in [-0.1, -0.05) is 13.8 Å². The summed E-state index contributed by atoms with van der Waals surface area (Å²) in [5.74, 6) is 1.51. The average Bonchev–Trinajstić information content (AvgIpc) is 3.14. The van der Waals surface area contributed by atoms with Crippen LogP contribution in [0.15, 0.2) is 23.0 Å². The molecule has 1 heterocycles. The number of rotatable bonds is 4. The first-order valence-electron chi connectivity index (χ1n) is 12.4. The van der Waals surface area contributed by atoms with Gasteiger partial charge in [0.1, 0.15) is 6.29 Å². The maximum Gasteiger partial charge on any atom is 0.164 e. The summed E-state index contributed by atoms with van der Waals surface area (Å²) in [5, 5.41) is 0. The smallest absolute Gasteiger partial charge is 0.164 e. The third-order valence-electron chi connectivity index (χ3n) is 9.86. The maximum absolute atomic E-state index is 13.2. The van der Waals surface area contributed by atoms with Crippen molar-refractivity contribution in [1.82, 2.24) is 0 Å². The summed E-state index contributed by atoms with van der Waals surface area (Å²) < 4.78 is 18.7. The fourth-order valence-electron chi connectivity index (χ4n) is 8.65. The third-order valence-corrected chi connectivity index (χ3v) is 9.86. The summed E-state index contributed by atoms with van der Waals surface area (Å²) >= 11 is 0. The minimum atomic E-state index is -0.882. The Morgan fingerprint density at radius 3 is 2.62 bits per heavy atom. The molecule has 0 amide bonds. The summed E-state index contributed by atoms with van der Waals surface area (Å²) in [6.07, 6.45) is 8.57. The number of allylic oxidation sites excluding steroid dienone is 4. The Labute approximate surface area is 191 Å². The second-order valence-corrected chi connectivity index (χ2v) is 11.7. The van der Waals surface area contributed by atoms with Crippen LogP contribution in [0, 0.1) is 28.6 Å². The van der Waals surface area contributed by atoms with Gasteiger partial charge in [0.2, 0.25) is 0 Å². The van der Waals surface area contributed by atoms with Gasteiger partial charge >= 0.3 is 0 Å². The van der Waals surface area contributed by atoms with Gasteiger partial charge in [-0.05, 0) is 100 Å². The van der Waals surface area contributed by atoms with Gasteiger partial charge < -0.3 is 14.2 Å². The summed E-state index contributed by atoms with van der Waals surface area (Å²) in [6.45, 7) is 12.8. The molecule has 7 unspecified atom stereocenters. The molecule has 5 heteroatoms. The van der Waals surface area contributed by atoms with Gasteiger partial charge in [-0.3, -0.25) is 9.59 Å². The second kappa shape index (κ2) is 7.02. The Morgan fingerprint density at radius 1 is 1.22 bits per heavy atom. The minimum Gasteiger partial charge on any atom is -0.498 e. The average molecular weight is 443 g/mol. The third kappa shape index (κ3) is 2.70. The Bertz CT molecular complexity index is 915. The number of aldehydes is 1. The number of Topliss-reactive ketones (excluding diaryl/α,β-unsaturated/α-hetero) is 1. The van der Waals surface area contributed by atoms with Crippen LogP contribution in [0.4, 0.5) is 0 Å². The number of ketones is 1. The molecule has 0 radical (unpaired) electrons. The van der Waals surface area contributed by atoms with E-state index in [2.05, 4.69) is 19.9 Å². The second-order valence-electron chi connectivity index (χ2n) is 11.7. The lowest BCUT2D eigenvalue weighted by Crippen LogP contribution is -2.59. The lowest BCUT2D eigenvalue weighted by Gasteiger charge is -2.58. The molecule has 0 bridgehead atoms. The molecule has 1 saturated heterocycles. The van der Waals surface area contributed by atoms with Crippen LogP contribution in [0.1, 0.15) is 80.1 Å². The SMILES string of the molecule is CCOC1=CC2=C(C=O)CC3C(CCC4(C)C3CC3OC(C)(C)OC34C(C)=O)C2(C)CC1. The van der Waals surface area contributed by atoms with Crippen molar-refractivity contribution in [3.8, 4) is 0 Å². The molecular weight excluding hydrogens is 404 g/mol. The highest BCUT2D eigenvalue weighted by Gasteiger charge is 2.75. The van der Waals surface area contributed by atoms with E-state index in [0.717, 1.165) is 56.1 Å². The van der Waals surface area contributed by atoms with E-state index in [0.29, 0.717) is 24.4 Å². The highest BCUT2D eigenvalue weighted by molar-refractivity contribution is 5.88. The first-order valence-corrected chi connectivity index (χ1v) is 12.4. The molecule has 176 valence electrons. The monoisotopic (exact) mass is 442 g/mol. The van der Waals surface area contributed by atoms with Crippen molar-refractivity contribution in [3.63, 3.8) is 0 Å². The molecule has 2 saturated carbocycles. The predicted octanol–water partition coefficient (Wildman–Crippen LogP) is 5.14. The molecule has 0 aromatic heterocycles. The molecule has 32 heavy (non-hydrogen) atoms. The van der Waals surface area contributed by atoms with Crippen molar-refractivity contribution < 1.29 is 23.8 Å². The first-order chi connectivity index (χ1) is 15.0. The summed E-state index contributed by atoms with van der Waals surface area (Å²) in [7, 11) is 0. The molecular formula is C27H38O5. The first kappa shape index (κ1) is 22.3. The molecule has 3 fully saturated rings. The number of carbonyl (C=O) groups is 2. The van der Waals surface area contributed by atoms with Crippen LogP contribution in [0.2, 0.25) is 0 Å². The van der Waals surface area contributed by atoms with Crippen LogP contribution >= 0.6 is 0 Å². The van der Waals surface area contributed by atoms with E-state index in [9.17, 15) is 9.59 Å². The van der Waals surface area contributed by atoms with Crippen LogP contribution in [-0.2, 0) is 23.8 Å². The fourth-order valence-corrected chi connectivity index (χ4v) is 8.65. The van der Waals surface area contributed by atoms with Crippen LogP contribution in [0.25, 0.3) is 0 Å². The van der Waals surface area contributed by atoms with E-state index in [1.807, 2.05) is 20.8 Å². The van der Waals surface area contributed by atoms with Gasteiger partial charge in [0.05, 0.1) is 18.5 Å². The van der Waals surface area contributed by atoms with E-state index in [1.54, 1.807) is 6.92 Å². The van der Waals surface area contributed by atoms with Gasteiger partial charge in [0.15, 0.2) is 17.2 Å². The van der Waals surface area contributed by atoms with Crippen LogP contribution in [0.3, 0.4) is 0 Å². The predicted molar refractivity (Wildman–Crippen MR) is 121 cm³/mol. The minimum absolute atomic E-state index is 0.0246. The highest BCUT2D eigenvalue weighted by atomic mass is 16.8. The largest absolute Gasteiger partial charge is 0.498 e. The summed E-state index contributed by atoms with van der Waals surface area (Å²) in [5.41, 5.74) is 0.934. The molecule has 0 aromatic carbocycles. The van der Waals surface area contributed by atoms with Crippen molar-refractivity contribution >= 4 is 12.1 Å². The standard InChI is InChI=1S/C27H38O5/c1-7-30-18-8-10-25(5)20-9-11-26(6)22(19(20)12-17(15-28)21(25)13-18)14-23-27(26,16(2)29)32-24(3,4)31-23/h13,15,19-20,22-23H,7-12,14H2,1-6H3. The van der Waals surface area contributed by atoms with E-state index in [4.69, 9.17) is 14.2 Å². The van der Waals surface area contributed by atoms with Crippen molar-refractivity contribution in [3.05, 3.63) is 23.0 Å². The quantitative estimate of drug-likeness (QED) is 0.564. The Morgan fingerprint density at radius 2 is 1.97 bits per heavy atom. The number of hydrogen-bond acceptors (Lipinski definition) is 5. The van der Waals surface area contributed by atoms with Crippen molar-refractivity contribution in [1.29, 1.82) is 0 Å². The molecule has 0 spiro atoms. The maximum atomic E-state index is 13.2. The van der Waals surface area contributed by atoms with Gasteiger partial charge in [-0.25, -0.2) is 0 Å². The lowest BCUT2D eigenvalue weighted by molar-refractivity contribution is -0.213. The Kier molecular flexibility index (Phi) is 4.90. The summed E-state index contributed by atoms with van der Waals surface area (Å²) in [4.78, 5) is 25.5. The van der Waals surface area contributed by atoms with Crippen molar-refractivity contribution in [2.45, 2.75) is 97.6 Å². The summed E-state index contributed by atoms with van der Waals surface area (Å²) in [6, 6.07) is 0. The number of fused-ring (bicyclic) bond motifs is 7. The topological polar surface area (TPSA) is 61.8 Å². The number of ether oxygens (including phenoxy) is 3. The molecule has 5 aliphatic rings. The molecule has 7 atom stereocenters. The fraction of sp³-hybridized carbons (Fsp3) is 0.778. The lowest BCUT2D eigenvalue weighted by atomic mass is 9.46. The van der Waals surface area contributed by atoms with Gasteiger partial charge in [0.25, 0.3) is 0 Å². The van der Waals surface area contributed by atoms with E-state index < -0.39 is 11.4 Å². The van der Waals surface area contributed by atoms with Crippen molar-refractivity contribution in [2.75, 3.05) is 6.61 Å². The molecule has 5 rings (SSSR count). The van der Waals surface area contributed by atoms with E-state index >= 15 is 0 Å². The van der Waals surface area contributed by atoms with E-state index in [1.165, 1.54) is 5.57 Å². The van der Waals surface area contributed by atoms with Gasteiger partial charge in [0, 0.05) is 11.8 Å². The molecule has 4 aliphatic carbocycles. The van der Waals surface area contributed by atoms with Crippen molar-refractivity contribution in [2.24, 2.45) is 28.6 Å². The normalized spacial score (nSPS) is 46.5. The number of hydrogen-bond donors (Lipinski definition) is 0. The molecule has 0 aromatic rings. The number of carbonyl (C=O) groups excluding carboxylic acids is 2. The molecule has 1 aliphatic heterocycles. The van der Waals surface area contributed by atoms with Gasteiger partial charge in [-0.2, -0.15) is 0 Å². The highest BCUT2D eigenvalue weighted by Crippen LogP contribution is 2.70. The zero-order valence-electron chi connectivity index (χ0n) is 20.5. The van der Waals surface area contributed by atoms with Gasteiger partial charge in [-0.15, -0.1) is 0 Å². The Balaban J connectivity index is 1.57. The Hall–Kier alpha value is -1.46. The zero-order chi connectivity index (χ0) is 23.1. The van der Waals surface area contributed by atoms with Crippen LogP contribution in [-0.4, -0.2) is 36.2 Å². The van der Waals surface area contributed by atoms with Crippen LogP contribution in [0.5, 0.6) is 0 Å². The zero-order valence-corrected chi connectivity index (χ0v) is 20.5. The van der Waals surface area contributed by atoms with E-state index in [-0.39, 0.29) is 22.7 Å². The van der Waals surface area contributed by atoms with Crippen LogP contribution < -0.4 is 0 Å².